The number of carboxylic acids is 1. The highest BCUT2D eigenvalue weighted by Gasteiger charge is 2.55. The maximum absolute atomic E-state index is 11.6. The molecule has 0 saturated carbocycles. The van der Waals surface area contributed by atoms with Crippen LogP contribution in [0, 0.1) is 5.92 Å². The summed E-state index contributed by atoms with van der Waals surface area (Å²) in [5.41, 5.74) is 5.64. The lowest BCUT2D eigenvalue weighted by molar-refractivity contribution is -0.153. The molecule has 7 heteroatoms. The van der Waals surface area contributed by atoms with Crippen LogP contribution in [0.1, 0.15) is 6.92 Å². The summed E-state index contributed by atoms with van der Waals surface area (Å²) in [5, 5.41) is 17.7. The minimum absolute atomic E-state index is 0.0281. The van der Waals surface area contributed by atoms with Crippen molar-refractivity contribution in [1.29, 1.82) is 0 Å². The van der Waals surface area contributed by atoms with E-state index in [2.05, 4.69) is 0 Å². The molecule has 2 rings (SSSR count). The van der Waals surface area contributed by atoms with Crippen molar-refractivity contribution in [1.82, 2.24) is 4.90 Å². The first-order valence-electron chi connectivity index (χ1n) is 4.82. The average molecular weight is 244 g/mol. The van der Waals surface area contributed by atoms with Crippen LogP contribution in [0.5, 0.6) is 0 Å². The zero-order valence-electron chi connectivity index (χ0n) is 8.58. The van der Waals surface area contributed by atoms with Crippen LogP contribution >= 0.6 is 11.8 Å². The lowest BCUT2D eigenvalue weighted by Gasteiger charge is -2.41. The summed E-state index contributed by atoms with van der Waals surface area (Å²) in [4.78, 5) is 24.4. The number of rotatable bonds is 3. The molecule has 0 unspecified atom stereocenters. The molecule has 0 radical (unpaired) electrons. The molecule has 1 fully saturated rings. The number of nitrogens with two attached hydrogens (primary N) is 1. The zero-order valence-corrected chi connectivity index (χ0v) is 9.40. The molecule has 0 bridgehead atoms. The zero-order chi connectivity index (χ0) is 12.0. The lowest BCUT2D eigenvalue weighted by Crippen LogP contribution is -2.58. The van der Waals surface area contributed by atoms with Crippen molar-refractivity contribution in [3.63, 3.8) is 0 Å². The van der Waals surface area contributed by atoms with Crippen LogP contribution in [0.4, 0.5) is 0 Å². The monoisotopic (exact) mass is 244 g/mol. The molecule has 0 aliphatic carbocycles. The predicted molar refractivity (Wildman–Crippen MR) is 57.1 cm³/mol. The first-order valence-corrected chi connectivity index (χ1v) is 5.70. The van der Waals surface area contributed by atoms with E-state index in [-0.39, 0.29) is 23.6 Å². The van der Waals surface area contributed by atoms with Crippen molar-refractivity contribution in [2.45, 2.75) is 18.3 Å². The molecule has 3 atom stereocenters. The van der Waals surface area contributed by atoms with Crippen LogP contribution in [-0.2, 0) is 9.59 Å². The third-order valence-electron chi connectivity index (χ3n) is 2.69. The van der Waals surface area contributed by atoms with Gasteiger partial charge in [-0.1, -0.05) is 0 Å². The largest absolute Gasteiger partial charge is 0.477 e. The van der Waals surface area contributed by atoms with Crippen LogP contribution in [0.3, 0.4) is 0 Å². The van der Waals surface area contributed by atoms with E-state index >= 15 is 0 Å². The molecule has 1 saturated heterocycles. The minimum atomic E-state index is -1.15. The first kappa shape index (κ1) is 11.4. The number of carbonyl (C=O) groups excluding carboxylic acids is 1. The van der Waals surface area contributed by atoms with Gasteiger partial charge in [-0.25, -0.2) is 4.79 Å². The Bertz CT molecular complexity index is 393. The smallest absolute Gasteiger partial charge is 0.353 e. The number of hydrogen-bond acceptors (Lipinski definition) is 5. The molecular formula is C9H12N2O4S. The van der Waals surface area contributed by atoms with E-state index in [1.54, 1.807) is 6.92 Å². The lowest BCUT2D eigenvalue weighted by atomic mass is 9.98. The fourth-order valence-electron chi connectivity index (χ4n) is 1.90. The van der Waals surface area contributed by atoms with Crippen LogP contribution in [-0.4, -0.2) is 45.0 Å². The Hall–Kier alpha value is -1.05. The number of amides is 1. The van der Waals surface area contributed by atoms with Gasteiger partial charge in [-0.2, -0.15) is 0 Å². The summed E-state index contributed by atoms with van der Waals surface area (Å²) in [5.74, 6) is -1.99. The quantitative estimate of drug-likeness (QED) is 0.559. The average Bonchev–Trinajstić information content (AvgIpc) is 2.54. The third-order valence-corrected chi connectivity index (χ3v) is 4.29. The normalized spacial score (nSPS) is 30.2. The fraction of sp³-hybridized carbons (Fsp3) is 0.556. The van der Waals surface area contributed by atoms with Gasteiger partial charge in [-0.05, 0) is 6.92 Å². The molecule has 4 N–H and O–H groups in total. The highest BCUT2D eigenvalue weighted by atomic mass is 32.2. The first-order chi connectivity index (χ1) is 7.49. The Morgan fingerprint density at radius 1 is 1.69 bits per heavy atom. The number of carbonyl (C=O) groups is 2. The van der Waals surface area contributed by atoms with Crippen LogP contribution in [0.15, 0.2) is 10.6 Å². The summed E-state index contributed by atoms with van der Waals surface area (Å²) in [6, 6.07) is -0.422. The Morgan fingerprint density at radius 2 is 2.31 bits per heavy atom. The SMILES string of the molecule is C[C@H](N)C1=C(C(=O)O)N2C(=O)[C@H](CO)[C@H]2S1. The molecule has 0 aromatic rings. The molecular weight excluding hydrogens is 232 g/mol. The van der Waals surface area contributed by atoms with Crippen molar-refractivity contribution in [3.8, 4) is 0 Å². The number of nitrogens with zero attached hydrogens (tertiary/aromatic N) is 1. The molecule has 0 spiro atoms. The highest BCUT2D eigenvalue weighted by Crippen LogP contribution is 2.49. The maximum atomic E-state index is 11.6. The van der Waals surface area contributed by atoms with Crippen molar-refractivity contribution < 1.29 is 19.8 Å². The van der Waals surface area contributed by atoms with E-state index in [0.717, 1.165) is 0 Å². The van der Waals surface area contributed by atoms with Crippen LogP contribution in [0.25, 0.3) is 0 Å². The molecule has 88 valence electrons. The predicted octanol–water partition coefficient (Wildman–Crippen LogP) is -0.847. The number of carboxylic acid groups (broad SMARTS) is 1. The van der Waals surface area contributed by atoms with Gasteiger partial charge in [0.25, 0.3) is 0 Å². The van der Waals surface area contributed by atoms with Gasteiger partial charge in [0.2, 0.25) is 5.91 Å². The summed E-state index contributed by atoms with van der Waals surface area (Å²) >= 11 is 1.26. The van der Waals surface area contributed by atoms with Crippen LogP contribution < -0.4 is 5.73 Å². The number of aliphatic hydroxyl groups is 1. The standard InChI is InChI=1S/C9H12N2O4S/c1-3(10)6-5(9(14)15)11-7(13)4(2-12)8(11)16-6/h3-4,8,12H,2,10H2,1H3,(H,14,15)/t3-,4-,8+/m0/s1. The number of aliphatic carboxylic acids is 1. The van der Waals surface area contributed by atoms with Gasteiger partial charge >= 0.3 is 5.97 Å². The van der Waals surface area contributed by atoms with E-state index in [0.29, 0.717) is 4.91 Å². The Kier molecular flexibility index (Phi) is 2.69. The van der Waals surface area contributed by atoms with E-state index < -0.39 is 17.9 Å². The minimum Gasteiger partial charge on any atom is -0.477 e. The van der Waals surface area contributed by atoms with E-state index in [9.17, 15) is 9.59 Å². The molecule has 2 aliphatic heterocycles. The number of β-lactam (4-membered cyclic amide) rings is 1. The topological polar surface area (TPSA) is 104 Å². The van der Waals surface area contributed by atoms with Crippen LogP contribution in [0.2, 0.25) is 0 Å². The van der Waals surface area contributed by atoms with Gasteiger partial charge in [0.05, 0.1) is 12.5 Å². The highest BCUT2D eigenvalue weighted by molar-refractivity contribution is 8.04. The summed E-state index contributed by atoms with van der Waals surface area (Å²) in [7, 11) is 0. The van der Waals surface area contributed by atoms with Gasteiger partial charge in [0.1, 0.15) is 11.1 Å². The number of hydrogen-bond donors (Lipinski definition) is 3. The fourth-order valence-corrected chi connectivity index (χ4v) is 3.35. The summed E-state index contributed by atoms with van der Waals surface area (Å²) in [6.07, 6.45) is 0. The molecule has 16 heavy (non-hydrogen) atoms. The Morgan fingerprint density at radius 3 is 2.75 bits per heavy atom. The van der Waals surface area contributed by atoms with Gasteiger partial charge in [-0.3, -0.25) is 9.69 Å². The van der Waals surface area contributed by atoms with Gasteiger partial charge < -0.3 is 15.9 Å². The van der Waals surface area contributed by atoms with Crippen molar-refractivity contribution >= 4 is 23.6 Å². The van der Waals surface area contributed by atoms with Crippen molar-refractivity contribution in [3.05, 3.63) is 10.6 Å². The second-order valence-electron chi connectivity index (χ2n) is 3.81. The van der Waals surface area contributed by atoms with Gasteiger partial charge in [0.15, 0.2) is 0 Å². The molecule has 0 aromatic carbocycles. The molecule has 0 aromatic heterocycles. The summed E-state index contributed by atoms with van der Waals surface area (Å²) < 4.78 is 0. The third kappa shape index (κ3) is 1.35. The molecule has 6 nitrogen and oxygen atoms in total. The van der Waals surface area contributed by atoms with E-state index in [1.807, 2.05) is 0 Å². The molecule has 1 amide bonds. The van der Waals surface area contributed by atoms with Crippen molar-refractivity contribution in [2.24, 2.45) is 11.7 Å². The van der Waals surface area contributed by atoms with Gasteiger partial charge in [0, 0.05) is 10.9 Å². The Balaban J connectivity index is 2.34. The second kappa shape index (κ2) is 3.76. The molecule has 2 heterocycles. The Labute approximate surface area is 96.1 Å². The van der Waals surface area contributed by atoms with Crippen molar-refractivity contribution in [2.75, 3.05) is 6.61 Å². The number of fused-ring (bicyclic) bond motifs is 1. The van der Waals surface area contributed by atoms with Gasteiger partial charge in [-0.15, -0.1) is 11.8 Å². The number of thioether (sulfide) groups is 1. The summed E-state index contributed by atoms with van der Waals surface area (Å²) in [6.45, 7) is 1.42. The second-order valence-corrected chi connectivity index (χ2v) is 4.97. The maximum Gasteiger partial charge on any atom is 0.353 e. The van der Waals surface area contributed by atoms with E-state index in [1.165, 1.54) is 16.7 Å². The van der Waals surface area contributed by atoms with E-state index in [4.69, 9.17) is 15.9 Å². The molecule has 2 aliphatic rings. The number of aliphatic hydroxyl groups excluding tert-OH is 1.